The van der Waals surface area contributed by atoms with E-state index in [2.05, 4.69) is 66.5 Å². The molecule has 2 aliphatic rings. The fourth-order valence-electron chi connectivity index (χ4n) is 3.70. The van der Waals surface area contributed by atoms with Gasteiger partial charge in [0.05, 0.1) is 25.5 Å². The van der Waals surface area contributed by atoms with E-state index >= 15 is 0 Å². The molecule has 4 heteroatoms. The Labute approximate surface area is 143 Å². The summed E-state index contributed by atoms with van der Waals surface area (Å²) >= 11 is 0. The predicted octanol–water partition coefficient (Wildman–Crippen LogP) is 3.52. The third kappa shape index (κ3) is 3.04. The molecule has 0 aliphatic carbocycles. The highest BCUT2D eigenvalue weighted by molar-refractivity contribution is 5.66. The van der Waals surface area contributed by atoms with Gasteiger partial charge < -0.3 is 4.74 Å². The smallest absolute Gasteiger partial charge is 0.0658 e. The Balaban J connectivity index is 1.57. The number of fused-ring (bicyclic) bond motifs is 2. The minimum atomic E-state index is 0.357. The molecule has 24 heavy (non-hydrogen) atoms. The summed E-state index contributed by atoms with van der Waals surface area (Å²) in [5.74, 6) is 0. The van der Waals surface area contributed by atoms with Crippen molar-refractivity contribution in [2.45, 2.75) is 44.9 Å². The molecule has 126 valence electrons. The summed E-state index contributed by atoms with van der Waals surface area (Å²) in [6.45, 7) is 6.92. The zero-order valence-electron chi connectivity index (χ0n) is 14.4. The van der Waals surface area contributed by atoms with Gasteiger partial charge in [0, 0.05) is 30.4 Å². The molecule has 0 saturated carbocycles. The van der Waals surface area contributed by atoms with Gasteiger partial charge in [-0.15, -0.1) is 0 Å². The van der Waals surface area contributed by atoms with Gasteiger partial charge in [-0.3, -0.25) is 9.58 Å². The number of ether oxygens (including phenoxy) is 1. The van der Waals surface area contributed by atoms with Crippen molar-refractivity contribution in [1.29, 1.82) is 0 Å². The molecule has 1 aromatic heterocycles. The SMILES string of the molecule is CC(C)n1cc(C2=CC3COCC(C2)N3Cc2ccccc2)cn1. The van der Waals surface area contributed by atoms with Gasteiger partial charge >= 0.3 is 0 Å². The molecule has 2 aromatic rings. The number of aromatic nitrogens is 2. The second-order valence-electron chi connectivity index (χ2n) is 7.12. The summed E-state index contributed by atoms with van der Waals surface area (Å²) in [5.41, 5.74) is 4.06. The Morgan fingerprint density at radius 3 is 2.75 bits per heavy atom. The molecule has 2 bridgehead atoms. The second-order valence-corrected chi connectivity index (χ2v) is 7.12. The fraction of sp³-hybridized carbons (Fsp3) is 0.450. The lowest BCUT2D eigenvalue weighted by molar-refractivity contribution is -0.0402. The molecule has 2 atom stereocenters. The van der Waals surface area contributed by atoms with E-state index in [4.69, 9.17) is 4.74 Å². The number of hydrogen-bond acceptors (Lipinski definition) is 3. The first-order valence-electron chi connectivity index (χ1n) is 8.83. The van der Waals surface area contributed by atoms with Crippen molar-refractivity contribution in [1.82, 2.24) is 14.7 Å². The van der Waals surface area contributed by atoms with Crippen molar-refractivity contribution < 1.29 is 4.74 Å². The molecular formula is C20H25N3O. The van der Waals surface area contributed by atoms with Crippen LogP contribution in [0.5, 0.6) is 0 Å². The van der Waals surface area contributed by atoms with Crippen molar-refractivity contribution in [3.8, 4) is 0 Å². The molecule has 4 nitrogen and oxygen atoms in total. The zero-order chi connectivity index (χ0) is 16.5. The topological polar surface area (TPSA) is 30.3 Å². The van der Waals surface area contributed by atoms with Crippen LogP contribution in [0.4, 0.5) is 0 Å². The number of rotatable bonds is 4. The highest BCUT2D eigenvalue weighted by atomic mass is 16.5. The minimum Gasteiger partial charge on any atom is -0.378 e. The molecule has 0 spiro atoms. The summed E-state index contributed by atoms with van der Waals surface area (Å²) in [6.07, 6.45) is 7.61. The Bertz CT molecular complexity index is 719. The summed E-state index contributed by atoms with van der Waals surface area (Å²) in [6, 6.07) is 11.9. The van der Waals surface area contributed by atoms with E-state index in [9.17, 15) is 0 Å². The van der Waals surface area contributed by atoms with Crippen molar-refractivity contribution in [2.75, 3.05) is 13.2 Å². The van der Waals surface area contributed by atoms with E-state index in [0.717, 1.165) is 26.2 Å². The van der Waals surface area contributed by atoms with E-state index in [0.29, 0.717) is 18.1 Å². The van der Waals surface area contributed by atoms with E-state index in [1.165, 1.54) is 16.7 Å². The van der Waals surface area contributed by atoms with Crippen molar-refractivity contribution in [3.63, 3.8) is 0 Å². The lowest BCUT2D eigenvalue weighted by Gasteiger charge is -2.44. The van der Waals surface area contributed by atoms with Crippen molar-refractivity contribution in [3.05, 3.63) is 59.9 Å². The average molecular weight is 323 g/mol. The molecule has 0 N–H and O–H groups in total. The molecule has 3 heterocycles. The van der Waals surface area contributed by atoms with Gasteiger partial charge in [0.2, 0.25) is 0 Å². The van der Waals surface area contributed by atoms with Gasteiger partial charge in [-0.25, -0.2) is 0 Å². The lowest BCUT2D eigenvalue weighted by atomic mass is 9.90. The molecular weight excluding hydrogens is 298 g/mol. The first-order valence-corrected chi connectivity index (χ1v) is 8.83. The molecule has 1 saturated heterocycles. The number of hydrogen-bond donors (Lipinski definition) is 0. The lowest BCUT2D eigenvalue weighted by Crippen LogP contribution is -2.53. The fourth-order valence-corrected chi connectivity index (χ4v) is 3.70. The maximum Gasteiger partial charge on any atom is 0.0658 e. The van der Waals surface area contributed by atoms with Gasteiger partial charge in [0.15, 0.2) is 0 Å². The average Bonchev–Trinajstić information content (AvgIpc) is 3.06. The third-order valence-corrected chi connectivity index (χ3v) is 5.05. The Hall–Kier alpha value is -1.91. The Kier molecular flexibility index (Phi) is 4.25. The van der Waals surface area contributed by atoms with E-state index < -0.39 is 0 Å². The Morgan fingerprint density at radius 1 is 1.21 bits per heavy atom. The van der Waals surface area contributed by atoms with Gasteiger partial charge in [0.1, 0.15) is 0 Å². The molecule has 1 fully saturated rings. The van der Waals surface area contributed by atoms with Gasteiger partial charge in [-0.2, -0.15) is 5.10 Å². The predicted molar refractivity (Wildman–Crippen MR) is 95.6 cm³/mol. The molecule has 0 radical (unpaired) electrons. The van der Waals surface area contributed by atoms with E-state index in [1.807, 2.05) is 10.9 Å². The number of nitrogens with zero attached hydrogens (tertiary/aromatic N) is 3. The number of morpholine rings is 1. The van der Waals surface area contributed by atoms with Gasteiger partial charge in [0.25, 0.3) is 0 Å². The van der Waals surface area contributed by atoms with Gasteiger partial charge in [-0.1, -0.05) is 36.4 Å². The second kappa shape index (κ2) is 6.54. The maximum atomic E-state index is 5.83. The first-order chi connectivity index (χ1) is 11.7. The number of benzene rings is 1. The van der Waals surface area contributed by atoms with Crippen LogP contribution in [0.15, 0.2) is 48.8 Å². The largest absolute Gasteiger partial charge is 0.378 e. The van der Waals surface area contributed by atoms with Crippen LogP contribution in [0, 0.1) is 0 Å². The van der Waals surface area contributed by atoms with E-state index in [-0.39, 0.29) is 0 Å². The highest BCUT2D eigenvalue weighted by Gasteiger charge is 2.35. The summed E-state index contributed by atoms with van der Waals surface area (Å²) in [7, 11) is 0. The minimum absolute atomic E-state index is 0.357. The van der Waals surface area contributed by atoms with Crippen LogP contribution in [-0.4, -0.2) is 40.0 Å². The highest BCUT2D eigenvalue weighted by Crippen LogP contribution is 2.33. The van der Waals surface area contributed by atoms with Crippen LogP contribution < -0.4 is 0 Å². The first kappa shape index (κ1) is 15.6. The molecule has 2 aliphatic heterocycles. The van der Waals surface area contributed by atoms with Crippen LogP contribution in [0.25, 0.3) is 5.57 Å². The van der Waals surface area contributed by atoms with Gasteiger partial charge in [-0.05, 0) is 31.4 Å². The molecule has 2 unspecified atom stereocenters. The van der Waals surface area contributed by atoms with Crippen LogP contribution in [0.1, 0.15) is 37.4 Å². The standard InChI is InChI=1S/C20H25N3O/c1-15(2)23-12-18(10-21-23)17-8-19-13-24-14-20(9-17)22(19)11-16-6-4-3-5-7-16/h3-8,10,12,15,19-20H,9,11,13-14H2,1-2H3. The Morgan fingerprint density at radius 2 is 2.04 bits per heavy atom. The van der Waals surface area contributed by atoms with Crippen LogP contribution >= 0.6 is 0 Å². The third-order valence-electron chi connectivity index (χ3n) is 5.05. The maximum absolute atomic E-state index is 5.83. The van der Waals surface area contributed by atoms with E-state index in [1.54, 1.807) is 0 Å². The van der Waals surface area contributed by atoms with Crippen molar-refractivity contribution >= 4 is 5.57 Å². The van der Waals surface area contributed by atoms with Crippen LogP contribution in [0.2, 0.25) is 0 Å². The normalized spacial score (nSPS) is 24.2. The molecule has 0 amide bonds. The monoisotopic (exact) mass is 323 g/mol. The summed E-state index contributed by atoms with van der Waals surface area (Å²) in [4.78, 5) is 2.59. The van der Waals surface area contributed by atoms with Crippen molar-refractivity contribution in [2.24, 2.45) is 0 Å². The summed E-state index contributed by atoms with van der Waals surface area (Å²) in [5, 5.41) is 4.50. The molecule has 4 rings (SSSR count). The molecule has 1 aromatic carbocycles. The van der Waals surface area contributed by atoms with Crippen LogP contribution in [-0.2, 0) is 11.3 Å². The zero-order valence-corrected chi connectivity index (χ0v) is 14.4. The quantitative estimate of drug-likeness (QED) is 0.862. The van der Waals surface area contributed by atoms with Crippen LogP contribution in [0.3, 0.4) is 0 Å². The summed E-state index contributed by atoms with van der Waals surface area (Å²) < 4.78 is 7.87.